The first kappa shape index (κ1) is 71.7. The zero-order valence-electron chi connectivity index (χ0n) is 57.0. The number of pyridine rings is 2. The second-order valence-electron chi connectivity index (χ2n) is 24.7. The lowest BCUT2D eigenvalue weighted by atomic mass is 10.1. The molecule has 0 unspecified atom stereocenters. The molecule has 4 saturated heterocycles. The van der Waals surface area contributed by atoms with Crippen molar-refractivity contribution in [3.8, 4) is 28.9 Å². The van der Waals surface area contributed by atoms with Crippen molar-refractivity contribution in [2.24, 2.45) is 0 Å². The van der Waals surface area contributed by atoms with Crippen molar-refractivity contribution in [1.29, 1.82) is 0 Å². The lowest BCUT2D eigenvalue weighted by Crippen LogP contribution is -2.49. The predicted octanol–water partition coefficient (Wildman–Crippen LogP) is 11.6. The van der Waals surface area contributed by atoms with Gasteiger partial charge < -0.3 is 43.1 Å². The van der Waals surface area contributed by atoms with E-state index in [4.69, 9.17) is 28.4 Å². The maximum atomic E-state index is 12.4. The summed E-state index contributed by atoms with van der Waals surface area (Å²) in [6, 6.07) is 33.6. The number of ether oxygens (including phenoxy) is 6. The Morgan fingerprint density at radius 3 is 1.36 bits per heavy atom. The number of anilines is 4. The summed E-state index contributed by atoms with van der Waals surface area (Å²) >= 11 is 0. The minimum atomic E-state index is -0.134. The van der Waals surface area contributed by atoms with Crippen molar-refractivity contribution in [3.63, 3.8) is 0 Å². The van der Waals surface area contributed by atoms with Gasteiger partial charge in [0.05, 0.1) is 91.0 Å². The average molecular weight is 1340 g/mol. The molecule has 0 saturated carbocycles. The van der Waals surface area contributed by atoms with Gasteiger partial charge in [-0.3, -0.25) is 43.4 Å². The number of amides is 3. The van der Waals surface area contributed by atoms with Crippen LogP contribution in [0.5, 0.6) is 28.9 Å². The molecule has 3 amide bonds. The Morgan fingerprint density at radius 2 is 0.908 bits per heavy atom. The third-order valence-electron chi connectivity index (χ3n) is 17.5. The summed E-state index contributed by atoms with van der Waals surface area (Å²) in [6.45, 7) is 19.3. The summed E-state index contributed by atoms with van der Waals surface area (Å²) in [5, 5.41) is 8.75. The molecule has 4 aliphatic heterocycles. The fourth-order valence-corrected chi connectivity index (χ4v) is 12.3. The van der Waals surface area contributed by atoms with Crippen LogP contribution in [0, 0.1) is 27.7 Å². The smallest absolute Gasteiger partial charge is 0.237 e. The van der Waals surface area contributed by atoms with E-state index in [-0.39, 0.29) is 54.0 Å². The Balaban J connectivity index is 0.000000153. The molecule has 4 aliphatic rings. The number of morpholine rings is 1. The van der Waals surface area contributed by atoms with Gasteiger partial charge in [0.1, 0.15) is 66.7 Å². The van der Waals surface area contributed by atoms with Gasteiger partial charge in [0.15, 0.2) is 25.1 Å². The zero-order chi connectivity index (χ0) is 69.8. The maximum absolute atomic E-state index is 12.4. The Labute approximate surface area is 571 Å². The highest BCUT2D eigenvalue weighted by Crippen LogP contribution is 2.35. The lowest BCUT2D eigenvalue weighted by Gasteiger charge is -2.37. The van der Waals surface area contributed by atoms with Gasteiger partial charge in [0.25, 0.3) is 0 Å². The van der Waals surface area contributed by atoms with Crippen LogP contribution in [0.2, 0.25) is 0 Å². The van der Waals surface area contributed by atoms with Crippen molar-refractivity contribution >= 4 is 65.9 Å². The summed E-state index contributed by atoms with van der Waals surface area (Å²) in [5.41, 5.74) is 7.23. The number of aryl methyl sites for hydroxylation is 4. The summed E-state index contributed by atoms with van der Waals surface area (Å²) in [7, 11) is 1.53. The van der Waals surface area contributed by atoms with Crippen LogP contribution in [0.3, 0.4) is 0 Å². The molecule has 98 heavy (non-hydrogen) atoms. The van der Waals surface area contributed by atoms with Crippen molar-refractivity contribution in [2.75, 3.05) is 72.9 Å². The molecule has 0 N–H and O–H groups in total. The van der Waals surface area contributed by atoms with Crippen LogP contribution in [0.1, 0.15) is 142 Å². The highest BCUT2D eigenvalue weighted by Gasteiger charge is 2.37. The second-order valence-corrected chi connectivity index (χ2v) is 24.7. The summed E-state index contributed by atoms with van der Waals surface area (Å²) in [5.74, 6) is 4.73. The molecule has 514 valence electrons. The number of aldehydes is 4. The molecule has 23 nitrogen and oxygen atoms in total. The topological polar surface area (TPSA) is 249 Å². The number of carbonyl (C=O) groups excluding carboxylic acids is 7. The summed E-state index contributed by atoms with van der Waals surface area (Å²) in [6.07, 6.45) is 15.4. The van der Waals surface area contributed by atoms with Gasteiger partial charge in [-0.15, -0.1) is 0 Å². The summed E-state index contributed by atoms with van der Waals surface area (Å²) in [4.78, 5) is 97.9. The lowest BCUT2D eigenvalue weighted by molar-refractivity contribution is -0.118. The third-order valence-corrected chi connectivity index (χ3v) is 17.5. The molecule has 0 aliphatic carbocycles. The van der Waals surface area contributed by atoms with Gasteiger partial charge in [-0.2, -0.15) is 10.2 Å². The molecule has 8 heterocycles. The van der Waals surface area contributed by atoms with Gasteiger partial charge >= 0.3 is 0 Å². The predicted molar refractivity (Wildman–Crippen MR) is 372 cm³/mol. The molecular formula is C75H86N10O13. The average Bonchev–Trinajstić information content (AvgIpc) is 1.70. The monoisotopic (exact) mass is 1330 g/mol. The van der Waals surface area contributed by atoms with Crippen LogP contribution < -0.4 is 43.3 Å². The van der Waals surface area contributed by atoms with Crippen molar-refractivity contribution in [2.45, 2.75) is 130 Å². The Kier molecular flexibility index (Phi) is 25.2. The normalized spacial score (nSPS) is 17.3. The highest BCUT2D eigenvalue weighted by atomic mass is 16.5. The first-order valence-electron chi connectivity index (χ1n) is 33.0. The van der Waals surface area contributed by atoms with E-state index in [0.29, 0.717) is 122 Å². The minimum Gasteiger partial charge on any atom is -0.491 e. The molecule has 23 heteroatoms. The zero-order valence-corrected chi connectivity index (χ0v) is 57.0. The van der Waals surface area contributed by atoms with E-state index in [1.807, 2.05) is 142 Å². The second kappa shape index (κ2) is 34.4. The van der Waals surface area contributed by atoms with Gasteiger partial charge in [-0.1, -0.05) is 48.5 Å². The van der Waals surface area contributed by atoms with E-state index in [2.05, 4.69) is 38.9 Å². The van der Waals surface area contributed by atoms with E-state index in [1.54, 1.807) is 63.8 Å². The number of nitrogens with zero attached hydrogens (tertiary/aromatic N) is 10. The number of aromatic nitrogens is 6. The fraction of sp³-hybridized carbons (Fsp3) is 0.373. The molecule has 12 rings (SSSR count). The van der Waals surface area contributed by atoms with Gasteiger partial charge in [-0.25, -0.2) is 14.3 Å². The largest absolute Gasteiger partial charge is 0.491 e. The Bertz CT molecular complexity index is 4040. The van der Waals surface area contributed by atoms with Crippen molar-refractivity contribution in [1.82, 2.24) is 29.5 Å². The van der Waals surface area contributed by atoms with Crippen molar-refractivity contribution in [3.05, 3.63) is 185 Å². The number of hydrogen-bond donors (Lipinski definition) is 0. The van der Waals surface area contributed by atoms with E-state index < -0.39 is 0 Å². The molecule has 4 aromatic heterocycles. The highest BCUT2D eigenvalue weighted by molar-refractivity contribution is 5.98. The molecule has 4 atom stereocenters. The number of carbonyl (C=O) groups is 7. The van der Waals surface area contributed by atoms with Gasteiger partial charge in [0.2, 0.25) is 23.6 Å². The van der Waals surface area contributed by atoms with Crippen LogP contribution in [-0.2, 0) is 19.1 Å². The Morgan fingerprint density at radius 1 is 0.490 bits per heavy atom. The minimum absolute atomic E-state index is 0.0137. The number of benzene rings is 4. The van der Waals surface area contributed by atoms with Crippen LogP contribution in [0.15, 0.2) is 140 Å². The van der Waals surface area contributed by atoms with E-state index in [0.717, 1.165) is 84.1 Å². The molecule has 8 aromatic rings. The van der Waals surface area contributed by atoms with Crippen LogP contribution in [0.25, 0.3) is 0 Å². The molecule has 0 spiro atoms. The number of rotatable bonds is 23. The standard InChI is InChI=1S/C19H25N3O3.C19H23N3O3.C19H20N2O4.C18H18N2O3/c1-14(2)22-19(7-8-20-22)21-9-10-24-12-16(21)13-25-18-6-4-5-15(3)17(18)11-23;1-13(2)22-18(9-10-20-22)21-15(7-8-19(21)24)12-25-17-6-4-5-14(3)16(17)11-23;1-13-5-3-7-17(15(13)11-22)25-12-14-8-9-18(23)21(14)16-6-4-10-20-19(16)24-2;1-13-4-2-6-17(16(13)11-21)23-12-15-7-8-18(22)20(15)14-5-3-9-19-10-14/h4-8,11,14,16H,9-10,12-13H2,1-3H3;4-6,9-11,13,15H,7-8,12H2,1-3H3;3-7,10-11,14H,8-9,12H2,1-2H3;2-6,9-11,15H,7-8,12H2,1H3/t16-;15-;14-;15-/m0000/s1. The molecular weight excluding hydrogens is 1250 g/mol. The number of hydrogen-bond acceptors (Lipinski definition) is 18. The van der Waals surface area contributed by atoms with E-state index in [1.165, 1.54) is 7.11 Å². The van der Waals surface area contributed by atoms with E-state index in [9.17, 15) is 33.6 Å². The third kappa shape index (κ3) is 17.2. The van der Waals surface area contributed by atoms with Crippen LogP contribution in [-0.4, -0.2) is 150 Å². The van der Waals surface area contributed by atoms with Crippen LogP contribution >= 0.6 is 0 Å². The first-order valence-corrected chi connectivity index (χ1v) is 33.0. The SMILES string of the molecule is COc1ncccc1N1C(=O)CC[C@H]1COc1cccc(C)c1C=O.Cc1cccc(OC[C@@H]2CCC(=O)N2c2cccnc2)c1C=O.Cc1cccc(OC[C@@H]2CCC(=O)N2c2ccnn2C(C)C)c1C=O.Cc1cccc(OC[C@@H]2COCCN2c2ccnn2C(C)C)c1C=O. The molecule has 4 aromatic carbocycles. The quantitative estimate of drug-likeness (QED) is 0.0540. The van der Waals surface area contributed by atoms with Crippen molar-refractivity contribution < 1.29 is 62.0 Å². The number of methoxy groups -OCH3 is 1. The van der Waals surface area contributed by atoms with Gasteiger partial charge in [-0.05, 0) is 145 Å². The summed E-state index contributed by atoms with van der Waals surface area (Å²) < 4.78 is 38.4. The maximum Gasteiger partial charge on any atom is 0.237 e. The molecule has 4 fully saturated rings. The first-order chi connectivity index (χ1) is 47.5. The van der Waals surface area contributed by atoms with E-state index >= 15 is 0 Å². The van der Waals surface area contributed by atoms with Crippen LogP contribution in [0.4, 0.5) is 23.0 Å². The molecule has 0 bridgehead atoms. The Hall–Kier alpha value is -10.6. The molecule has 0 radical (unpaired) electrons. The fourth-order valence-electron chi connectivity index (χ4n) is 12.3. The van der Waals surface area contributed by atoms with Gasteiger partial charge in [0, 0.05) is 62.4 Å².